The molecular weight excluding hydrogens is 300 g/mol. The Labute approximate surface area is 122 Å². The molecular formula is C13H19FNO5P. The zero-order valence-electron chi connectivity index (χ0n) is 12.2. The third-order valence-electron chi connectivity index (χ3n) is 3.31. The lowest BCUT2D eigenvalue weighted by atomic mass is 10.1. The van der Waals surface area contributed by atoms with E-state index in [0.717, 1.165) is 11.1 Å². The molecule has 1 fully saturated rings. The van der Waals surface area contributed by atoms with Crippen LogP contribution in [0.25, 0.3) is 0 Å². The molecule has 6 nitrogen and oxygen atoms in total. The van der Waals surface area contributed by atoms with E-state index in [9.17, 15) is 18.5 Å². The molecule has 0 N–H and O–H groups in total. The van der Waals surface area contributed by atoms with Crippen LogP contribution in [0.4, 0.5) is 4.39 Å². The zero-order valence-corrected chi connectivity index (χ0v) is 13.1. The summed E-state index contributed by atoms with van der Waals surface area (Å²) in [5.41, 5.74) is 0. The van der Waals surface area contributed by atoms with E-state index >= 15 is 0 Å². The highest BCUT2D eigenvalue weighted by atomic mass is 31.2. The quantitative estimate of drug-likeness (QED) is 0.584. The van der Waals surface area contributed by atoms with Crippen molar-refractivity contribution in [3.63, 3.8) is 0 Å². The molecule has 3 atom stereocenters. The average Bonchev–Trinajstić information content (AvgIpc) is 2.72. The number of halogens is 1. The van der Waals surface area contributed by atoms with Gasteiger partial charge in [-0.15, -0.1) is 0 Å². The van der Waals surface area contributed by atoms with Gasteiger partial charge in [-0.05, 0) is 13.3 Å². The van der Waals surface area contributed by atoms with Crippen molar-refractivity contribution in [3.8, 4) is 0 Å². The summed E-state index contributed by atoms with van der Waals surface area (Å²) in [4.78, 5) is 24.0. The smallest absolute Gasteiger partial charge is 0.236 e. The number of nitrogens with zero attached hydrogens (tertiary/aromatic N) is 1. The molecule has 2 aliphatic rings. The summed E-state index contributed by atoms with van der Waals surface area (Å²) in [7, 11) is -2.33. The van der Waals surface area contributed by atoms with Crippen LogP contribution in [0.15, 0.2) is 12.0 Å². The van der Waals surface area contributed by atoms with Crippen molar-refractivity contribution in [2.45, 2.75) is 32.3 Å². The molecule has 0 spiro atoms. The molecule has 118 valence electrons. The summed E-state index contributed by atoms with van der Waals surface area (Å²) >= 11 is 0. The number of allylic oxidation sites excluding steroid dienone is 1. The Morgan fingerprint density at radius 1 is 1.48 bits per heavy atom. The van der Waals surface area contributed by atoms with Gasteiger partial charge in [0.2, 0.25) is 11.7 Å². The molecule has 0 aromatic rings. The molecule has 2 aliphatic heterocycles. The van der Waals surface area contributed by atoms with Gasteiger partial charge in [-0.3, -0.25) is 14.5 Å². The van der Waals surface area contributed by atoms with Crippen molar-refractivity contribution in [3.05, 3.63) is 12.0 Å². The van der Waals surface area contributed by atoms with Gasteiger partial charge >= 0.3 is 0 Å². The maximum absolute atomic E-state index is 13.3. The van der Waals surface area contributed by atoms with Crippen molar-refractivity contribution in [2.75, 3.05) is 19.7 Å². The number of amides is 1. The molecule has 0 aromatic carbocycles. The number of carbonyl (C=O) groups excluding carboxylic acids is 2. The molecule has 0 saturated carbocycles. The normalized spacial score (nSPS) is 30.8. The first-order valence-electron chi connectivity index (χ1n) is 6.70. The number of ether oxygens (including phenoxy) is 2. The fraction of sp³-hybridized carbons (Fsp3) is 0.692. The lowest BCUT2D eigenvalue weighted by molar-refractivity contribution is -0.170. The van der Waals surface area contributed by atoms with Gasteiger partial charge in [0, 0.05) is 18.5 Å². The molecule has 0 aliphatic carbocycles. The Balaban J connectivity index is 2.02. The second-order valence-corrected chi connectivity index (χ2v) is 9.33. The van der Waals surface area contributed by atoms with Crippen LogP contribution in [0.3, 0.4) is 0 Å². The number of ketones is 1. The van der Waals surface area contributed by atoms with Crippen LogP contribution in [0, 0.1) is 5.92 Å². The van der Waals surface area contributed by atoms with E-state index in [2.05, 4.69) is 0 Å². The number of rotatable bonds is 4. The fourth-order valence-corrected chi connectivity index (χ4v) is 2.74. The fourth-order valence-electron chi connectivity index (χ4n) is 2.23. The standard InChI is InChI=1S/C13H19FNO5P/c1-8-4-12(20-13(8)19-7-21(2,3)18)15-6-9(14)10(16)5-11(15)17/h6,8,12-13H,4-5,7H2,1-3H3/t8-,12+,13-/m1/s1. The lowest BCUT2D eigenvalue weighted by Gasteiger charge is -2.27. The Morgan fingerprint density at radius 3 is 2.76 bits per heavy atom. The number of hydrogen-bond acceptors (Lipinski definition) is 5. The van der Waals surface area contributed by atoms with E-state index in [1.165, 1.54) is 0 Å². The Bertz CT molecular complexity index is 529. The molecule has 0 radical (unpaired) electrons. The van der Waals surface area contributed by atoms with Crippen molar-refractivity contribution >= 4 is 18.8 Å². The lowest BCUT2D eigenvalue weighted by Crippen LogP contribution is -2.40. The van der Waals surface area contributed by atoms with Gasteiger partial charge in [0.05, 0.1) is 6.42 Å². The van der Waals surface area contributed by atoms with E-state index in [0.29, 0.717) is 6.42 Å². The number of Topliss-reactive ketones (excluding diaryl/α,β-unsaturated/α-hetero) is 1. The molecule has 2 rings (SSSR count). The van der Waals surface area contributed by atoms with E-state index in [1.807, 2.05) is 6.92 Å². The Kier molecular flexibility index (Phi) is 4.66. The van der Waals surface area contributed by atoms with Crippen LogP contribution in [0.1, 0.15) is 19.8 Å². The minimum atomic E-state index is -2.33. The van der Waals surface area contributed by atoms with Gasteiger partial charge in [0.25, 0.3) is 0 Å². The summed E-state index contributed by atoms with van der Waals surface area (Å²) < 4.78 is 36.1. The van der Waals surface area contributed by atoms with Crippen molar-refractivity contribution in [1.29, 1.82) is 0 Å². The van der Waals surface area contributed by atoms with Gasteiger partial charge in [-0.2, -0.15) is 0 Å². The highest BCUT2D eigenvalue weighted by Gasteiger charge is 2.40. The number of carbonyl (C=O) groups is 2. The van der Waals surface area contributed by atoms with Crippen LogP contribution in [0.5, 0.6) is 0 Å². The minimum Gasteiger partial charge on any atom is -0.345 e. The SMILES string of the molecule is C[C@@H]1C[C@@H](N2C=C(F)C(=O)CC2=O)O[C@H]1OCP(C)(C)=O. The zero-order chi connectivity index (χ0) is 15.8. The topological polar surface area (TPSA) is 72.9 Å². The van der Waals surface area contributed by atoms with E-state index in [-0.39, 0.29) is 12.3 Å². The molecule has 1 saturated heterocycles. The minimum absolute atomic E-state index is 0.0246. The average molecular weight is 319 g/mol. The van der Waals surface area contributed by atoms with E-state index in [1.54, 1.807) is 13.3 Å². The van der Waals surface area contributed by atoms with Crippen molar-refractivity contribution in [2.24, 2.45) is 5.92 Å². The summed E-state index contributed by atoms with van der Waals surface area (Å²) in [6.07, 6.45) is -0.300. The molecule has 8 heteroatoms. The predicted molar refractivity (Wildman–Crippen MR) is 73.5 cm³/mol. The maximum atomic E-state index is 13.3. The van der Waals surface area contributed by atoms with Crippen LogP contribution in [-0.4, -0.2) is 48.8 Å². The van der Waals surface area contributed by atoms with Gasteiger partial charge < -0.3 is 14.0 Å². The highest BCUT2D eigenvalue weighted by molar-refractivity contribution is 7.62. The van der Waals surface area contributed by atoms with Crippen molar-refractivity contribution in [1.82, 2.24) is 4.90 Å². The summed E-state index contributed by atoms with van der Waals surface area (Å²) in [5, 5.41) is 0. The first kappa shape index (κ1) is 16.3. The summed E-state index contributed by atoms with van der Waals surface area (Å²) in [6.45, 7) is 5.10. The molecule has 1 amide bonds. The molecule has 0 bridgehead atoms. The van der Waals surface area contributed by atoms with E-state index in [4.69, 9.17) is 9.47 Å². The van der Waals surface area contributed by atoms with Crippen LogP contribution in [-0.2, 0) is 23.6 Å². The van der Waals surface area contributed by atoms with Crippen molar-refractivity contribution < 1.29 is 28.0 Å². The summed E-state index contributed by atoms with van der Waals surface area (Å²) in [6, 6.07) is 0. The predicted octanol–water partition coefficient (Wildman–Crippen LogP) is 1.90. The maximum Gasteiger partial charge on any atom is 0.236 e. The largest absolute Gasteiger partial charge is 0.345 e. The number of hydrogen-bond donors (Lipinski definition) is 0. The second kappa shape index (κ2) is 5.99. The second-order valence-electron chi connectivity index (χ2n) is 5.92. The molecule has 0 aromatic heterocycles. The first-order chi connectivity index (χ1) is 9.67. The van der Waals surface area contributed by atoms with Gasteiger partial charge in [-0.25, -0.2) is 4.39 Å². The summed E-state index contributed by atoms with van der Waals surface area (Å²) in [5.74, 6) is -2.27. The van der Waals surface area contributed by atoms with Gasteiger partial charge in [0.15, 0.2) is 12.1 Å². The van der Waals surface area contributed by atoms with E-state index < -0.39 is 43.6 Å². The Morgan fingerprint density at radius 2 is 2.14 bits per heavy atom. The molecule has 21 heavy (non-hydrogen) atoms. The highest BCUT2D eigenvalue weighted by Crippen LogP contribution is 2.39. The molecule has 0 unspecified atom stereocenters. The van der Waals surface area contributed by atoms with Gasteiger partial charge in [-0.1, -0.05) is 6.92 Å². The van der Waals surface area contributed by atoms with Crippen LogP contribution in [0.2, 0.25) is 0 Å². The van der Waals surface area contributed by atoms with Crippen LogP contribution < -0.4 is 0 Å². The molecule has 2 heterocycles. The Hall–Kier alpha value is -1.04. The van der Waals surface area contributed by atoms with Crippen LogP contribution >= 0.6 is 7.14 Å². The monoisotopic (exact) mass is 319 g/mol. The third-order valence-corrected chi connectivity index (χ3v) is 4.08. The third kappa shape index (κ3) is 3.99. The first-order valence-corrected chi connectivity index (χ1v) is 9.49. The van der Waals surface area contributed by atoms with Gasteiger partial charge in [0.1, 0.15) is 19.7 Å².